The van der Waals surface area contributed by atoms with Crippen LogP contribution in [0.5, 0.6) is 0 Å². The molecule has 0 bridgehead atoms. The molecular formula is C17H19ClN2O3S. The lowest BCUT2D eigenvalue weighted by Gasteiger charge is -2.22. The molecule has 0 aromatic heterocycles. The van der Waals surface area contributed by atoms with Crippen LogP contribution in [0, 0.1) is 6.92 Å². The minimum atomic E-state index is -3.52. The van der Waals surface area contributed by atoms with E-state index in [2.05, 4.69) is 5.32 Å². The number of nitrogens with zero attached hydrogens (tertiary/aromatic N) is 1. The number of benzene rings is 2. The Balaban J connectivity index is 2.09. The van der Waals surface area contributed by atoms with Gasteiger partial charge in [0.05, 0.1) is 11.9 Å². The lowest BCUT2D eigenvalue weighted by atomic mass is 10.2. The number of hydrogen-bond acceptors (Lipinski definition) is 3. The number of carbonyl (C=O) groups excluding carboxylic acids is 1. The molecule has 0 unspecified atom stereocenters. The van der Waals surface area contributed by atoms with Crippen LogP contribution < -0.4 is 9.62 Å². The average molecular weight is 367 g/mol. The summed E-state index contributed by atoms with van der Waals surface area (Å²) in [6.45, 7) is 1.93. The van der Waals surface area contributed by atoms with Crippen LogP contribution in [-0.4, -0.2) is 27.1 Å². The number of hydrogen-bond donors (Lipinski definition) is 1. The highest BCUT2D eigenvalue weighted by Gasteiger charge is 2.19. The Labute approximate surface area is 147 Å². The molecule has 0 radical (unpaired) electrons. The van der Waals surface area contributed by atoms with Crippen molar-refractivity contribution < 1.29 is 13.2 Å². The normalized spacial score (nSPS) is 11.1. The molecule has 2 rings (SSSR count). The third-order valence-corrected chi connectivity index (χ3v) is 4.89. The SMILES string of the molecule is Cc1ccccc1NC(=O)CCN(c1cccc(Cl)c1)S(C)(=O)=O. The Morgan fingerprint density at radius 1 is 1.17 bits per heavy atom. The van der Waals surface area contributed by atoms with Crippen LogP contribution in [0.2, 0.25) is 5.02 Å². The van der Waals surface area contributed by atoms with Crippen LogP contribution in [0.3, 0.4) is 0 Å². The van der Waals surface area contributed by atoms with E-state index in [0.717, 1.165) is 17.5 Å². The third kappa shape index (κ3) is 4.97. The molecule has 0 aliphatic rings. The zero-order valence-electron chi connectivity index (χ0n) is 13.5. The van der Waals surface area contributed by atoms with Gasteiger partial charge in [-0.05, 0) is 36.8 Å². The molecule has 0 aliphatic carbocycles. The van der Waals surface area contributed by atoms with E-state index in [0.29, 0.717) is 10.7 Å². The lowest BCUT2D eigenvalue weighted by molar-refractivity contribution is -0.116. The van der Waals surface area contributed by atoms with Crippen LogP contribution in [0.1, 0.15) is 12.0 Å². The molecule has 0 aliphatic heterocycles. The predicted molar refractivity (Wildman–Crippen MR) is 98.1 cm³/mol. The third-order valence-electron chi connectivity index (χ3n) is 3.46. The fraction of sp³-hybridized carbons (Fsp3) is 0.235. The van der Waals surface area contributed by atoms with E-state index in [9.17, 15) is 13.2 Å². The van der Waals surface area contributed by atoms with Gasteiger partial charge < -0.3 is 5.32 Å². The summed E-state index contributed by atoms with van der Waals surface area (Å²) < 4.78 is 25.2. The van der Waals surface area contributed by atoms with Gasteiger partial charge in [-0.1, -0.05) is 35.9 Å². The first-order valence-corrected chi connectivity index (χ1v) is 9.59. The lowest BCUT2D eigenvalue weighted by Crippen LogP contribution is -2.33. The molecule has 1 N–H and O–H groups in total. The van der Waals surface area contributed by atoms with Crippen LogP contribution >= 0.6 is 11.6 Å². The van der Waals surface area contributed by atoms with Crippen molar-refractivity contribution in [2.75, 3.05) is 22.4 Å². The number of para-hydroxylation sites is 1. The van der Waals surface area contributed by atoms with Crippen molar-refractivity contribution in [1.82, 2.24) is 0 Å². The summed E-state index contributed by atoms with van der Waals surface area (Å²) >= 11 is 5.93. The number of halogens is 1. The van der Waals surface area contributed by atoms with Gasteiger partial charge in [0.1, 0.15) is 0 Å². The number of nitrogens with one attached hydrogen (secondary N) is 1. The Morgan fingerprint density at radius 2 is 1.88 bits per heavy atom. The van der Waals surface area contributed by atoms with Gasteiger partial charge in [-0.3, -0.25) is 9.10 Å². The van der Waals surface area contributed by atoms with Crippen molar-refractivity contribution in [2.45, 2.75) is 13.3 Å². The summed E-state index contributed by atoms with van der Waals surface area (Å²) in [5.41, 5.74) is 2.10. The standard InChI is InChI=1S/C17H19ClN2O3S/c1-13-6-3-4-9-16(13)19-17(21)10-11-20(24(2,22)23)15-8-5-7-14(18)12-15/h3-9,12H,10-11H2,1-2H3,(H,19,21). The van der Waals surface area contributed by atoms with Crippen molar-refractivity contribution in [1.29, 1.82) is 0 Å². The van der Waals surface area contributed by atoms with E-state index in [4.69, 9.17) is 11.6 Å². The summed E-state index contributed by atoms with van der Waals surface area (Å²) in [6, 6.07) is 13.9. The van der Waals surface area contributed by atoms with E-state index in [1.54, 1.807) is 30.3 Å². The van der Waals surface area contributed by atoms with Crippen LogP contribution in [0.25, 0.3) is 0 Å². The van der Waals surface area contributed by atoms with Crippen molar-refractivity contribution in [3.8, 4) is 0 Å². The van der Waals surface area contributed by atoms with Crippen LogP contribution in [-0.2, 0) is 14.8 Å². The number of sulfonamides is 1. The van der Waals surface area contributed by atoms with E-state index < -0.39 is 10.0 Å². The smallest absolute Gasteiger partial charge is 0.232 e. The zero-order chi connectivity index (χ0) is 17.7. The molecule has 2 aromatic rings. The van der Waals surface area contributed by atoms with Gasteiger partial charge in [-0.25, -0.2) is 8.42 Å². The fourth-order valence-corrected chi connectivity index (χ4v) is 3.35. The molecule has 0 atom stereocenters. The van der Waals surface area contributed by atoms with Gasteiger partial charge in [-0.15, -0.1) is 0 Å². The topological polar surface area (TPSA) is 66.5 Å². The second-order valence-corrected chi connectivity index (χ2v) is 7.77. The highest BCUT2D eigenvalue weighted by molar-refractivity contribution is 7.92. The highest BCUT2D eigenvalue weighted by Crippen LogP contribution is 2.22. The summed E-state index contributed by atoms with van der Waals surface area (Å²) in [5, 5.41) is 3.23. The Morgan fingerprint density at radius 3 is 2.50 bits per heavy atom. The Hall–Kier alpha value is -2.05. The zero-order valence-corrected chi connectivity index (χ0v) is 15.1. The molecule has 128 valence electrons. The van der Waals surface area contributed by atoms with E-state index in [1.807, 2.05) is 25.1 Å². The fourth-order valence-electron chi connectivity index (χ4n) is 2.25. The van der Waals surface area contributed by atoms with Crippen LogP contribution in [0.15, 0.2) is 48.5 Å². The maximum Gasteiger partial charge on any atom is 0.232 e. The van der Waals surface area contributed by atoms with Gasteiger partial charge in [-0.2, -0.15) is 0 Å². The second kappa shape index (κ2) is 7.68. The van der Waals surface area contributed by atoms with Gasteiger partial charge in [0.15, 0.2) is 0 Å². The number of carbonyl (C=O) groups is 1. The molecule has 0 saturated carbocycles. The molecule has 0 fully saturated rings. The molecule has 5 nitrogen and oxygen atoms in total. The molecule has 1 amide bonds. The summed E-state index contributed by atoms with van der Waals surface area (Å²) in [4.78, 5) is 12.1. The molecule has 0 spiro atoms. The van der Waals surface area contributed by atoms with Crippen molar-refractivity contribution >= 4 is 38.9 Å². The summed E-state index contributed by atoms with van der Waals surface area (Å²) in [6.07, 6.45) is 1.14. The van der Waals surface area contributed by atoms with E-state index >= 15 is 0 Å². The molecule has 24 heavy (non-hydrogen) atoms. The van der Waals surface area contributed by atoms with E-state index in [1.165, 1.54) is 4.31 Å². The Bertz CT molecular complexity index is 837. The first kappa shape index (κ1) is 18.3. The predicted octanol–water partition coefficient (Wildman–Crippen LogP) is 3.44. The van der Waals surface area contributed by atoms with E-state index in [-0.39, 0.29) is 18.9 Å². The average Bonchev–Trinajstić information content (AvgIpc) is 2.48. The summed E-state index contributed by atoms with van der Waals surface area (Å²) in [7, 11) is -3.52. The maximum absolute atomic E-state index is 12.1. The minimum absolute atomic E-state index is 0.0356. The van der Waals surface area contributed by atoms with Crippen molar-refractivity contribution in [3.05, 3.63) is 59.1 Å². The van der Waals surface area contributed by atoms with Crippen molar-refractivity contribution in [2.24, 2.45) is 0 Å². The number of rotatable bonds is 6. The van der Waals surface area contributed by atoms with Gasteiger partial charge in [0.25, 0.3) is 0 Å². The number of anilines is 2. The van der Waals surface area contributed by atoms with Crippen LogP contribution in [0.4, 0.5) is 11.4 Å². The van der Waals surface area contributed by atoms with Crippen molar-refractivity contribution in [3.63, 3.8) is 0 Å². The number of amides is 1. The monoisotopic (exact) mass is 366 g/mol. The minimum Gasteiger partial charge on any atom is -0.326 e. The summed E-state index contributed by atoms with van der Waals surface area (Å²) in [5.74, 6) is -0.250. The molecular weight excluding hydrogens is 348 g/mol. The maximum atomic E-state index is 12.1. The van der Waals surface area contributed by atoms with Gasteiger partial charge in [0.2, 0.25) is 15.9 Å². The van der Waals surface area contributed by atoms with Gasteiger partial charge >= 0.3 is 0 Å². The molecule has 7 heteroatoms. The largest absolute Gasteiger partial charge is 0.326 e. The first-order chi connectivity index (χ1) is 11.3. The highest BCUT2D eigenvalue weighted by atomic mass is 35.5. The number of aryl methyl sites for hydroxylation is 1. The molecule has 0 heterocycles. The molecule has 0 saturated heterocycles. The second-order valence-electron chi connectivity index (χ2n) is 5.43. The Kier molecular flexibility index (Phi) is 5.85. The molecule has 2 aromatic carbocycles. The quantitative estimate of drug-likeness (QED) is 0.851. The van der Waals surface area contributed by atoms with Gasteiger partial charge in [0, 0.05) is 23.7 Å². The first-order valence-electron chi connectivity index (χ1n) is 7.36.